The van der Waals surface area contributed by atoms with E-state index < -0.39 is 12.8 Å². The number of halogens is 4. The normalized spacial score (nSPS) is 13.0. The molecule has 0 amide bonds. The van der Waals surface area contributed by atoms with E-state index in [0.717, 1.165) is 0 Å². The van der Waals surface area contributed by atoms with E-state index in [9.17, 15) is 17.6 Å². The van der Waals surface area contributed by atoms with Gasteiger partial charge < -0.3 is 20.1 Å². The summed E-state index contributed by atoms with van der Waals surface area (Å²) >= 11 is 0. The Morgan fingerprint density at radius 2 is 2.00 bits per heavy atom. The molecule has 0 fully saturated rings. The van der Waals surface area contributed by atoms with Crippen LogP contribution in [0.2, 0.25) is 0 Å². The van der Waals surface area contributed by atoms with Crippen molar-refractivity contribution in [3.63, 3.8) is 0 Å². The van der Waals surface area contributed by atoms with Crippen molar-refractivity contribution in [2.24, 2.45) is 4.99 Å². The quantitative estimate of drug-likeness (QED) is 0.394. The van der Waals surface area contributed by atoms with Gasteiger partial charge in [-0.2, -0.15) is 13.2 Å². The number of hydrogen-bond donors (Lipinski definition) is 2. The first-order chi connectivity index (χ1) is 13.7. The largest absolute Gasteiger partial charge is 0.489 e. The molecule has 10 heteroatoms. The maximum atomic E-state index is 13.2. The third-order valence-electron chi connectivity index (χ3n) is 3.56. The number of guanidine groups is 1. The van der Waals surface area contributed by atoms with Crippen LogP contribution in [0.4, 0.5) is 17.6 Å². The number of aliphatic imine (C=N–C) groups is 1. The number of aromatic nitrogens is 1. The van der Waals surface area contributed by atoms with E-state index in [2.05, 4.69) is 25.3 Å². The van der Waals surface area contributed by atoms with Crippen molar-refractivity contribution in [3.8, 4) is 11.6 Å². The van der Waals surface area contributed by atoms with Crippen LogP contribution >= 0.6 is 0 Å². The van der Waals surface area contributed by atoms with Gasteiger partial charge in [-0.15, -0.1) is 0 Å². The molecule has 158 valence electrons. The maximum Gasteiger partial charge on any atom is 0.422 e. The minimum Gasteiger partial charge on any atom is -0.489 e. The lowest BCUT2D eigenvalue weighted by atomic mass is 10.2. The fourth-order valence-corrected chi connectivity index (χ4v) is 2.26. The van der Waals surface area contributed by atoms with Gasteiger partial charge in [0.15, 0.2) is 12.6 Å². The molecule has 1 aromatic carbocycles. The zero-order valence-electron chi connectivity index (χ0n) is 16.0. The number of ether oxygens (including phenoxy) is 2. The van der Waals surface area contributed by atoms with Gasteiger partial charge in [0.1, 0.15) is 17.7 Å². The molecule has 2 aromatic rings. The van der Waals surface area contributed by atoms with Gasteiger partial charge >= 0.3 is 6.18 Å². The smallest absolute Gasteiger partial charge is 0.422 e. The predicted octanol–water partition coefficient (Wildman–Crippen LogP) is 3.29. The predicted molar refractivity (Wildman–Crippen MR) is 100 cm³/mol. The Kier molecular flexibility index (Phi) is 8.05. The summed E-state index contributed by atoms with van der Waals surface area (Å²) in [6.07, 6.45) is -3.32. The molecule has 0 spiro atoms. The van der Waals surface area contributed by atoms with Gasteiger partial charge in [-0.25, -0.2) is 9.37 Å². The van der Waals surface area contributed by atoms with Crippen molar-refractivity contribution < 1.29 is 27.0 Å². The highest BCUT2D eigenvalue weighted by molar-refractivity contribution is 5.79. The highest BCUT2D eigenvalue weighted by atomic mass is 19.4. The first-order valence-electron chi connectivity index (χ1n) is 8.76. The Balaban J connectivity index is 1.80. The third-order valence-corrected chi connectivity index (χ3v) is 3.56. The van der Waals surface area contributed by atoms with E-state index in [1.54, 1.807) is 25.2 Å². The highest BCUT2D eigenvalue weighted by Crippen LogP contribution is 2.17. The van der Waals surface area contributed by atoms with E-state index in [4.69, 9.17) is 4.74 Å². The number of benzene rings is 1. The van der Waals surface area contributed by atoms with Crippen LogP contribution in [0.3, 0.4) is 0 Å². The minimum absolute atomic E-state index is 0.110. The number of rotatable bonds is 8. The third kappa shape index (κ3) is 8.67. The number of nitrogens with one attached hydrogen (secondary N) is 2. The fraction of sp³-hybridized carbons (Fsp3) is 0.368. The standard InChI is InChI=1S/C19H22F4N4O2/c1-13(29-16-5-3-4-15(20)9-16)10-26-18(24-2)27-11-14-6-7-25-17(8-14)28-12-19(21,22)23/h3-9,13H,10-12H2,1-2H3,(H2,24,26,27). The van der Waals surface area contributed by atoms with Crippen LogP contribution in [0.25, 0.3) is 0 Å². The first kappa shape index (κ1) is 22.3. The van der Waals surface area contributed by atoms with Crippen LogP contribution in [0.15, 0.2) is 47.6 Å². The summed E-state index contributed by atoms with van der Waals surface area (Å²) in [6.45, 7) is 1.11. The summed E-state index contributed by atoms with van der Waals surface area (Å²) in [5.74, 6) is 0.400. The Morgan fingerprint density at radius 1 is 1.21 bits per heavy atom. The molecule has 1 unspecified atom stereocenters. The van der Waals surface area contributed by atoms with Crippen LogP contribution < -0.4 is 20.1 Å². The van der Waals surface area contributed by atoms with E-state index >= 15 is 0 Å². The summed E-state index contributed by atoms with van der Waals surface area (Å²) in [6, 6.07) is 8.92. The van der Waals surface area contributed by atoms with E-state index in [1.807, 2.05) is 6.92 Å². The zero-order chi connectivity index (χ0) is 21.3. The summed E-state index contributed by atoms with van der Waals surface area (Å²) in [4.78, 5) is 7.83. The van der Waals surface area contributed by atoms with Gasteiger partial charge in [-0.05, 0) is 30.7 Å². The average molecular weight is 414 g/mol. The van der Waals surface area contributed by atoms with Crippen molar-refractivity contribution in [2.75, 3.05) is 20.2 Å². The molecule has 1 heterocycles. The topological polar surface area (TPSA) is 67.8 Å². The van der Waals surface area contributed by atoms with Crippen molar-refractivity contribution in [3.05, 3.63) is 54.0 Å². The van der Waals surface area contributed by atoms with Crippen molar-refractivity contribution in [1.29, 1.82) is 0 Å². The Hall–Kier alpha value is -3.04. The Bertz CT molecular complexity index is 815. The van der Waals surface area contributed by atoms with Crippen LogP contribution in [-0.4, -0.2) is 43.4 Å². The second kappa shape index (κ2) is 10.5. The lowest BCUT2D eigenvalue weighted by Gasteiger charge is -2.18. The molecule has 6 nitrogen and oxygen atoms in total. The molecular weight excluding hydrogens is 392 g/mol. The average Bonchev–Trinajstić information content (AvgIpc) is 2.66. The molecule has 2 N–H and O–H groups in total. The Labute approximate surface area is 166 Å². The van der Waals surface area contributed by atoms with E-state index in [1.165, 1.54) is 24.4 Å². The molecule has 29 heavy (non-hydrogen) atoms. The summed E-state index contributed by atoms with van der Waals surface area (Å²) in [5.41, 5.74) is 0.671. The molecule has 0 radical (unpaired) electrons. The van der Waals surface area contributed by atoms with Crippen molar-refractivity contribution in [1.82, 2.24) is 15.6 Å². The lowest BCUT2D eigenvalue weighted by Crippen LogP contribution is -2.41. The lowest BCUT2D eigenvalue weighted by molar-refractivity contribution is -0.154. The monoisotopic (exact) mass is 414 g/mol. The van der Waals surface area contributed by atoms with Crippen LogP contribution in [0.1, 0.15) is 12.5 Å². The molecule has 0 bridgehead atoms. The van der Waals surface area contributed by atoms with E-state index in [-0.39, 0.29) is 17.8 Å². The SMILES string of the molecule is CN=C(NCc1ccnc(OCC(F)(F)F)c1)NCC(C)Oc1cccc(F)c1. The molecule has 1 atom stereocenters. The summed E-state index contributed by atoms with van der Waals surface area (Å²) in [5, 5.41) is 6.09. The van der Waals surface area contributed by atoms with Gasteiger partial charge in [0.05, 0.1) is 6.54 Å². The summed E-state index contributed by atoms with van der Waals surface area (Å²) < 4.78 is 60.1. The molecule has 0 aliphatic carbocycles. The van der Waals surface area contributed by atoms with Crippen molar-refractivity contribution >= 4 is 5.96 Å². The second-order valence-electron chi connectivity index (χ2n) is 6.10. The second-order valence-corrected chi connectivity index (χ2v) is 6.10. The van der Waals surface area contributed by atoms with Crippen LogP contribution in [0, 0.1) is 5.82 Å². The number of alkyl halides is 3. The maximum absolute atomic E-state index is 13.2. The van der Waals surface area contributed by atoms with E-state index in [0.29, 0.717) is 30.4 Å². The molecule has 0 aliphatic heterocycles. The van der Waals surface area contributed by atoms with Gasteiger partial charge in [0.25, 0.3) is 0 Å². The first-order valence-corrected chi connectivity index (χ1v) is 8.76. The van der Waals surface area contributed by atoms with Gasteiger partial charge in [-0.1, -0.05) is 6.07 Å². The molecule has 2 rings (SSSR count). The molecule has 1 aromatic heterocycles. The number of pyridine rings is 1. The fourth-order valence-electron chi connectivity index (χ4n) is 2.26. The van der Waals surface area contributed by atoms with Gasteiger partial charge in [-0.3, -0.25) is 4.99 Å². The zero-order valence-corrected chi connectivity index (χ0v) is 16.0. The van der Waals surface area contributed by atoms with Crippen LogP contribution in [-0.2, 0) is 6.54 Å². The summed E-state index contributed by atoms with van der Waals surface area (Å²) in [7, 11) is 1.58. The van der Waals surface area contributed by atoms with Crippen molar-refractivity contribution in [2.45, 2.75) is 25.7 Å². The molecule has 0 saturated heterocycles. The number of nitrogens with zero attached hydrogens (tertiary/aromatic N) is 2. The molecule has 0 aliphatic rings. The molecule has 0 saturated carbocycles. The Morgan fingerprint density at radius 3 is 2.69 bits per heavy atom. The minimum atomic E-state index is -4.42. The van der Waals surface area contributed by atoms with Crippen LogP contribution in [0.5, 0.6) is 11.6 Å². The van der Waals surface area contributed by atoms with Gasteiger partial charge in [0, 0.05) is 31.9 Å². The van der Waals surface area contributed by atoms with Gasteiger partial charge in [0.2, 0.25) is 5.88 Å². The highest BCUT2D eigenvalue weighted by Gasteiger charge is 2.28. The number of hydrogen-bond acceptors (Lipinski definition) is 4. The molecular formula is C19H22F4N4O2.